The quantitative estimate of drug-likeness (QED) is 0.185. The molecule has 0 saturated carbocycles. The Morgan fingerprint density at radius 1 is 0.897 bits per heavy atom. The third-order valence-electron chi connectivity index (χ3n) is 9.01. The lowest BCUT2D eigenvalue weighted by atomic mass is 10.2. The van der Waals surface area contributed by atoms with Crippen LogP contribution in [0.1, 0.15) is 30.2 Å². The number of amides is 1. The third-order valence-corrected chi connectivity index (χ3v) is 12.1. The number of ether oxygens (including phenoxy) is 1. The third kappa shape index (κ3) is 8.91. The molecule has 2 aromatic carbocycles. The molecule has 4 heterocycles. The van der Waals surface area contributed by atoms with Gasteiger partial charge in [0.15, 0.2) is 17.4 Å². The summed E-state index contributed by atoms with van der Waals surface area (Å²) in [5.74, 6) is -1.92. The molecule has 1 fully saturated rings. The zero-order valence-electron chi connectivity index (χ0n) is 31.9. The summed E-state index contributed by atoms with van der Waals surface area (Å²) in [6.45, 7) is 4.02. The Hall–Kier alpha value is -6.03. The fraction of sp³-hybridized carbons (Fsp3) is 0.270. The number of carbonyl (C=O) groups is 1. The van der Waals surface area contributed by atoms with E-state index in [1.165, 1.54) is 77.7 Å². The van der Waals surface area contributed by atoms with Crippen molar-refractivity contribution in [2.45, 2.75) is 24.8 Å². The Morgan fingerprint density at radius 3 is 2.21 bits per heavy atom. The highest BCUT2D eigenvalue weighted by Gasteiger charge is 2.30. The molecule has 0 aliphatic carbocycles. The van der Waals surface area contributed by atoms with Crippen molar-refractivity contribution in [3.63, 3.8) is 0 Å². The standard InChI is InChI=1S/C37H39F2N9O8S2/c1-23(2)47-22-28(36(50)48(37(47)51)26-9-6-24(38)7-10-26)35(49)41-25-8-11-30(29(39)20-25)56-27-14-15-40-33(21-27)42-32-13-12-31(58(54,55)44(3)4)34(43-32)45-16-18-46(19-17-45)57(5,52)53/h6-15,20-23H,16-19H2,1-5H3,(H,41,49)(H,40,42,43). The van der Waals surface area contributed by atoms with E-state index in [9.17, 15) is 35.6 Å². The molecule has 0 unspecified atom stereocenters. The maximum atomic E-state index is 15.4. The molecule has 1 aliphatic heterocycles. The van der Waals surface area contributed by atoms with Crippen LogP contribution in [0, 0.1) is 11.6 Å². The van der Waals surface area contributed by atoms with Gasteiger partial charge in [-0.05, 0) is 68.4 Å². The van der Waals surface area contributed by atoms with Crippen molar-refractivity contribution in [1.82, 2.24) is 27.7 Å². The van der Waals surface area contributed by atoms with E-state index in [0.717, 1.165) is 39.5 Å². The number of aromatic nitrogens is 4. The Balaban J connectivity index is 1.20. The molecule has 0 atom stereocenters. The van der Waals surface area contributed by atoms with E-state index >= 15 is 4.39 Å². The van der Waals surface area contributed by atoms with E-state index in [1.54, 1.807) is 18.7 Å². The summed E-state index contributed by atoms with van der Waals surface area (Å²) >= 11 is 0. The van der Waals surface area contributed by atoms with Crippen LogP contribution in [0.5, 0.6) is 11.5 Å². The van der Waals surface area contributed by atoms with Crippen molar-refractivity contribution < 1.29 is 35.1 Å². The first-order valence-corrected chi connectivity index (χ1v) is 20.9. The number of nitrogens with zero attached hydrogens (tertiary/aromatic N) is 7. The van der Waals surface area contributed by atoms with Crippen LogP contribution in [-0.4, -0.2) is 97.0 Å². The molecule has 0 radical (unpaired) electrons. The van der Waals surface area contributed by atoms with Crippen LogP contribution in [0.4, 0.5) is 31.9 Å². The molecule has 2 N–H and O–H groups in total. The van der Waals surface area contributed by atoms with E-state index in [0.29, 0.717) is 0 Å². The summed E-state index contributed by atoms with van der Waals surface area (Å²) in [6.07, 6.45) is 3.61. The number of nitrogens with one attached hydrogen (secondary N) is 2. The second-order valence-electron chi connectivity index (χ2n) is 13.6. The SMILES string of the molecule is CC(C)n1cc(C(=O)Nc2ccc(Oc3ccnc(Nc4ccc(S(=O)(=O)N(C)C)c(N5CCN(S(C)(=O)=O)CC5)n4)c3)c(F)c2)c(=O)n(-c2ccc(F)cc2)c1=O. The molecular weight excluding hydrogens is 801 g/mol. The Morgan fingerprint density at radius 2 is 1.59 bits per heavy atom. The number of hydrogen-bond donors (Lipinski definition) is 2. The molecule has 3 aromatic heterocycles. The summed E-state index contributed by atoms with van der Waals surface area (Å²) in [6, 6.07) is 13.5. The molecule has 306 valence electrons. The summed E-state index contributed by atoms with van der Waals surface area (Å²) in [5, 5.41) is 5.47. The number of carbonyl (C=O) groups excluding carboxylic acids is 1. The molecule has 6 rings (SSSR count). The van der Waals surface area contributed by atoms with E-state index in [4.69, 9.17) is 4.74 Å². The largest absolute Gasteiger partial charge is 0.454 e. The number of piperazine rings is 1. The van der Waals surface area contributed by atoms with Gasteiger partial charge in [0.1, 0.15) is 33.7 Å². The van der Waals surface area contributed by atoms with Crippen LogP contribution < -0.4 is 31.5 Å². The first-order chi connectivity index (χ1) is 27.3. The van der Waals surface area contributed by atoms with Gasteiger partial charge in [-0.15, -0.1) is 0 Å². The molecule has 17 nitrogen and oxygen atoms in total. The van der Waals surface area contributed by atoms with Crippen molar-refractivity contribution >= 4 is 49.1 Å². The summed E-state index contributed by atoms with van der Waals surface area (Å²) in [5.41, 5.74) is -2.08. The molecule has 21 heteroatoms. The fourth-order valence-corrected chi connectivity index (χ4v) is 7.80. The summed E-state index contributed by atoms with van der Waals surface area (Å²) < 4.78 is 89.6. The minimum absolute atomic E-state index is 0.0266. The fourth-order valence-electron chi connectivity index (χ4n) is 5.94. The van der Waals surface area contributed by atoms with Crippen molar-refractivity contribution in [2.75, 3.05) is 62.1 Å². The van der Waals surface area contributed by atoms with E-state index in [2.05, 4.69) is 20.6 Å². The van der Waals surface area contributed by atoms with Gasteiger partial charge in [-0.1, -0.05) is 0 Å². The van der Waals surface area contributed by atoms with Gasteiger partial charge < -0.3 is 20.3 Å². The zero-order valence-corrected chi connectivity index (χ0v) is 33.5. The van der Waals surface area contributed by atoms with Gasteiger partial charge in [0.2, 0.25) is 20.0 Å². The van der Waals surface area contributed by atoms with Crippen molar-refractivity contribution in [3.05, 3.63) is 117 Å². The molecule has 0 bridgehead atoms. The first-order valence-electron chi connectivity index (χ1n) is 17.6. The van der Waals surface area contributed by atoms with Crippen LogP contribution in [0.3, 0.4) is 0 Å². The average Bonchev–Trinajstić information content (AvgIpc) is 3.16. The predicted octanol–water partition coefficient (Wildman–Crippen LogP) is 3.77. The van der Waals surface area contributed by atoms with Crippen molar-refractivity contribution in [3.8, 4) is 17.2 Å². The molecular formula is C37H39F2N9O8S2. The molecule has 1 aliphatic rings. The van der Waals surface area contributed by atoms with Crippen LogP contribution in [-0.2, 0) is 20.0 Å². The van der Waals surface area contributed by atoms with E-state index in [-0.39, 0.29) is 71.4 Å². The Labute approximate surface area is 332 Å². The van der Waals surface area contributed by atoms with Gasteiger partial charge in [0.25, 0.3) is 11.5 Å². The highest BCUT2D eigenvalue weighted by atomic mass is 32.2. The van der Waals surface area contributed by atoms with Crippen LogP contribution >= 0.6 is 0 Å². The number of hydrogen-bond acceptors (Lipinski definition) is 12. The minimum Gasteiger partial charge on any atom is -0.454 e. The van der Waals surface area contributed by atoms with Gasteiger partial charge in [-0.25, -0.2) is 49.3 Å². The Bertz CT molecular complexity index is 2720. The van der Waals surface area contributed by atoms with E-state index < -0.39 is 60.4 Å². The minimum atomic E-state index is -3.94. The molecule has 5 aromatic rings. The summed E-state index contributed by atoms with van der Waals surface area (Å²) in [4.78, 5) is 50.4. The summed E-state index contributed by atoms with van der Waals surface area (Å²) in [7, 11) is -4.60. The first kappa shape index (κ1) is 41.6. The van der Waals surface area contributed by atoms with Crippen LogP contribution in [0.15, 0.2) is 93.6 Å². The number of sulfonamides is 2. The highest BCUT2D eigenvalue weighted by molar-refractivity contribution is 7.89. The molecule has 0 spiro atoms. The number of rotatable bonds is 12. The number of halogens is 2. The monoisotopic (exact) mass is 839 g/mol. The normalized spacial score (nSPS) is 13.8. The predicted molar refractivity (Wildman–Crippen MR) is 212 cm³/mol. The lowest BCUT2D eigenvalue weighted by Gasteiger charge is -2.35. The van der Waals surface area contributed by atoms with E-state index in [1.807, 2.05) is 0 Å². The molecule has 1 saturated heterocycles. The lowest BCUT2D eigenvalue weighted by molar-refractivity contribution is 0.102. The number of pyridine rings is 2. The topological polar surface area (TPSA) is 198 Å². The zero-order chi connectivity index (χ0) is 42.1. The van der Waals surface area contributed by atoms with Gasteiger partial charge >= 0.3 is 5.69 Å². The Kier molecular flexibility index (Phi) is 11.8. The number of anilines is 4. The lowest BCUT2D eigenvalue weighted by Crippen LogP contribution is -2.49. The average molecular weight is 840 g/mol. The van der Waals surface area contributed by atoms with Gasteiger partial charge in [0, 0.05) is 76.5 Å². The van der Waals surface area contributed by atoms with Gasteiger partial charge in [-0.3, -0.25) is 14.2 Å². The van der Waals surface area contributed by atoms with Gasteiger partial charge in [0.05, 0.1) is 11.9 Å². The van der Waals surface area contributed by atoms with Crippen LogP contribution in [0.2, 0.25) is 0 Å². The second kappa shape index (κ2) is 16.4. The number of benzene rings is 2. The van der Waals surface area contributed by atoms with Crippen molar-refractivity contribution in [1.29, 1.82) is 0 Å². The molecule has 58 heavy (non-hydrogen) atoms. The second-order valence-corrected chi connectivity index (χ2v) is 17.7. The smallest absolute Gasteiger partial charge is 0.335 e. The molecule has 1 amide bonds. The van der Waals surface area contributed by atoms with Crippen LogP contribution in [0.25, 0.3) is 5.69 Å². The van der Waals surface area contributed by atoms with Crippen molar-refractivity contribution in [2.24, 2.45) is 0 Å². The highest BCUT2D eigenvalue weighted by Crippen LogP contribution is 2.31. The van der Waals surface area contributed by atoms with Gasteiger partial charge in [-0.2, -0.15) is 4.31 Å². The maximum absolute atomic E-state index is 15.4. The maximum Gasteiger partial charge on any atom is 0.335 e.